The molecule has 0 aliphatic heterocycles. The van der Waals surface area contributed by atoms with Crippen LogP contribution >= 0.6 is 11.8 Å². The van der Waals surface area contributed by atoms with Crippen molar-refractivity contribution in [1.82, 2.24) is 29.8 Å². The van der Waals surface area contributed by atoms with Crippen LogP contribution in [0.25, 0.3) is 22.9 Å². The topological polar surface area (TPSA) is 98.7 Å². The molecule has 2 aromatic carbocycles. The van der Waals surface area contributed by atoms with Gasteiger partial charge in [0.25, 0.3) is 0 Å². The highest BCUT2D eigenvalue weighted by Crippen LogP contribution is 2.30. The summed E-state index contributed by atoms with van der Waals surface area (Å²) in [4.78, 5) is 11.1. The highest BCUT2D eigenvalue weighted by atomic mass is 32.2. The van der Waals surface area contributed by atoms with Gasteiger partial charge in [0.2, 0.25) is 0 Å². The molecule has 146 valence electrons. The fourth-order valence-corrected chi connectivity index (χ4v) is 3.69. The summed E-state index contributed by atoms with van der Waals surface area (Å²) in [6.45, 7) is 3.90. The van der Waals surface area contributed by atoms with E-state index in [9.17, 15) is 4.79 Å². The Balaban J connectivity index is 1.86. The molecule has 2 heterocycles. The van der Waals surface area contributed by atoms with Crippen molar-refractivity contribution >= 4 is 17.7 Å². The molecule has 0 atom stereocenters. The van der Waals surface area contributed by atoms with Gasteiger partial charge in [-0.3, -0.25) is 9.36 Å². The standard InChI is InChI=1S/C20H18N6O2S/c1-13-8-6-7-11-16(13)25-19(22-23-20(25)29-12-17(27)28)18-14(2)26(24-21-18)15-9-4-3-5-10-15/h3-11H,12H2,1-2H3,(H,27,28). The quantitative estimate of drug-likeness (QED) is 0.491. The number of rotatable bonds is 6. The molecule has 0 saturated heterocycles. The van der Waals surface area contributed by atoms with Crippen LogP contribution in [-0.4, -0.2) is 46.6 Å². The Kier molecular flexibility index (Phi) is 5.13. The molecule has 0 aliphatic carbocycles. The van der Waals surface area contributed by atoms with Gasteiger partial charge in [0, 0.05) is 0 Å². The van der Waals surface area contributed by atoms with E-state index in [1.54, 1.807) is 4.68 Å². The Morgan fingerprint density at radius 2 is 1.72 bits per heavy atom. The molecule has 0 unspecified atom stereocenters. The Morgan fingerprint density at radius 1 is 1.00 bits per heavy atom. The summed E-state index contributed by atoms with van der Waals surface area (Å²) in [5, 5.41) is 26.8. The number of hydrogen-bond donors (Lipinski definition) is 1. The number of carboxylic acid groups (broad SMARTS) is 1. The summed E-state index contributed by atoms with van der Waals surface area (Å²) in [7, 11) is 0. The zero-order valence-electron chi connectivity index (χ0n) is 15.9. The van der Waals surface area contributed by atoms with Gasteiger partial charge in [-0.1, -0.05) is 53.4 Å². The minimum atomic E-state index is -0.915. The third-order valence-electron chi connectivity index (χ3n) is 4.42. The van der Waals surface area contributed by atoms with E-state index in [1.807, 2.05) is 73.0 Å². The second-order valence-electron chi connectivity index (χ2n) is 6.38. The smallest absolute Gasteiger partial charge is 0.313 e. The lowest BCUT2D eigenvalue weighted by molar-refractivity contribution is -0.133. The summed E-state index contributed by atoms with van der Waals surface area (Å²) < 4.78 is 3.59. The predicted molar refractivity (Wildman–Crippen MR) is 110 cm³/mol. The number of nitrogens with zero attached hydrogens (tertiary/aromatic N) is 6. The van der Waals surface area contributed by atoms with Crippen LogP contribution in [0.3, 0.4) is 0 Å². The number of aryl methyl sites for hydroxylation is 1. The summed E-state index contributed by atoms with van der Waals surface area (Å²) >= 11 is 1.12. The van der Waals surface area contributed by atoms with E-state index in [0.29, 0.717) is 16.7 Å². The molecular weight excluding hydrogens is 388 g/mol. The molecule has 8 nitrogen and oxygen atoms in total. The lowest BCUT2D eigenvalue weighted by Crippen LogP contribution is -2.05. The van der Waals surface area contributed by atoms with Crippen LogP contribution in [0, 0.1) is 13.8 Å². The van der Waals surface area contributed by atoms with Crippen molar-refractivity contribution in [3.8, 4) is 22.9 Å². The lowest BCUT2D eigenvalue weighted by Gasteiger charge is -2.11. The lowest BCUT2D eigenvalue weighted by atomic mass is 10.2. The predicted octanol–water partition coefficient (Wildman–Crippen LogP) is 3.31. The second-order valence-corrected chi connectivity index (χ2v) is 7.32. The van der Waals surface area contributed by atoms with Gasteiger partial charge in [0.15, 0.2) is 16.7 Å². The Hall–Kier alpha value is -3.46. The first-order valence-electron chi connectivity index (χ1n) is 8.90. The second kappa shape index (κ2) is 7.88. The minimum Gasteiger partial charge on any atom is -0.481 e. The highest BCUT2D eigenvalue weighted by Gasteiger charge is 2.23. The van der Waals surface area contributed by atoms with E-state index in [0.717, 1.165) is 34.4 Å². The van der Waals surface area contributed by atoms with Gasteiger partial charge in [-0.05, 0) is 37.6 Å². The van der Waals surface area contributed by atoms with Crippen LogP contribution in [0.1, 0.15) is 11.3 Å². The Bertz CT molecular complexity index is 1170. The van der Waals surface area contributed by atoms with Crippen LogP contribution in [0.2, 0.25) is 0 Å². The van der Waals surface area contributed by atoms with Gasteiger partial charge >= 0.3 is 5.97 Å². The van der Waals surface area contributed by atoms with Crippen molar-refractivity contribution in [2.75, 3.05) is 5.75 Å². The molecule has 0 bridgehead atoms. The number of thioether (sulfide) groups is 1. The molecule has 0 fully saturated rings. The maximum absolute atomic E-state index is 11.1. The molecule has 0 aliphatic rings. The van der Waals surface area contributed by atoms with Crippen LogP contribution in [0.15, 0.2) is 59.8 Å². The van der Waals surface area contributed by atoms with E-state index < -0.39 is 5.97 Å². The third-order valence-corrected chi connectivity index (χ3v) is 5.34. The maximum atomic E-state index is 11.1. The van der Waals surface area contributed by atoms with Gasteiger partial charge in [-0.2, -0.15) is 0 Å². The van der Waals surface area contributed by atoms with E-state index in [4.69, 9.17) is 5.11 Å². The number of carbonyl (C=O) groups is 1. The van der Waals surface area contributed by atoms with Gasteiger partial charge < -0.3 is 5.11 Å². The molecule has 0 radical (unpaired) electrons. The first-order chi connectivity index (χ1) is 14.1. The fraction of sp³-hybridized carbons (Fsp3) is 0.150. The molecule has 0 spiro atoms. The zero-order chi connectivity index (χ0) is 20.4. The number of hydrogen-bond acceptors (Lipinski definition) is 6. The SMILES string of the molecule is Cc1ccccc1-n1c(SCC(=O)O)nnc1-c1nnn(-c2ccccc2)c1C. The molecule has 9 heteroatoms. The van der Waals surface area contributed by atoms with E-state index in [2.05, 4.69) is 20.5 Å². The zero-order valence-corrected chi connectivity index (χ0v) is 16.7. The molecule has 4 rings (SSSR count). The van der Waals surface area contributed by atoms with Gasteiger partial charge in [0.1, 0.15) is 0 Å². The summed E-state index contributed by atoms with van der Waals surface area (Å²) in [5.41, 5.74) is 4.18. The number of benzene rings is 2. The van der Waals surface area contributed by atoms with E-state index in [-0.39, 0.29) is 5.75 Å². The molecule has 29 heavy (non-hydrogen) atoms. The van der Waals surface area contributed by atoms with Crippen molar-refractivity contribution in [2.24, 2.45) is 0 Å². The molecule has 0 saturated carbocycles. The minimum absolute atomic E-state index is 0.111. The largest absolute Gasteiger partial charge is 0.481 e. The van der Waals surface area contributed by atoms with Gasteiger partial charge in [-0.25, -0.2) is 4.68 Å². The number of aliphatic carboxylic acids is 1. The van der Waals surface area contributed by atoms with Crippen LogP contribution in [-0.2, 0) is 4.79 Å². The maximum Gasteiger partial charge on any atom is 0.313 e. The third kappa shape index (κ3) is 3.64. The monoisotopic (exact) mass is 406 g/mol. The van der Waals surface area contributed by atoms with Crippen LogP contribution < -0.4 is 0 Å². The molecule has 4 aromatic rings. The molecule has 1 N–H and O–H groups in total. The van der Waals surface area contributed by atoms with Gasteiger partial charge in [0.05, 0.1) is 22.8 Å². The van der Waals surface area contributed by atoms with Crippen LogP contribution in [0.4, 0.5) is 0 Å². The highest BCUT2D eigenvalue weighted by molar-refractivity contribution is 7.99. The van der Waals surface area contributed by atoms with Crippen molar-refractivity contribution < 1.29 is 9.90 Å². The van der Waals surface area contributed by atoms with E-state index in [1.165, 1.54) is 0 Å². The van der Waals surface area contributed by atoms with Crippen molar-refractivity contribution in [3.63, 3.8) is 0 Å². The Labute approximate surface area is 171 Å². The first-order valence-corrected chi connectivity index (χ1v) is 9.89. The number of carboxylic acids is 1. The Morgan fingerprint density at radius 3 is 2.45 bits per heavy atom. The molecular formula is C20H18N6O2S. The summed E-state index contributed by atoms with van der Waals surface area (Å²) in [6.07, 6.45) is 0. The summed E-state index contributed by atoms with van der Waals surface area (Å²) in [6, 6.07) is 17.5. The summed E-state index contributed by atoms with van der Waals surface area (Å²) in [5.74, 6) is -0.506. The first kappa shape index (κ1) is 18.9. The van der Waals surface area contributed by atoms with Crippen molar-refractivity contribution in [1.29, 1.82) is 0 Å². The average molecular weight is 406 g/mol. The number of aromatic nitrogens is 6. The fourth-order valence-electron chi connectivity index (χ4n) is 3.02. The van der Waals surface area contributed by atoms with Crippen molar-refractivity contribution in [2.45, 2.75) is 19.0 Å². The normalized spacial score (nSPS) is 11.0. The van der Waals surface area contributed by atoms with Gasteiger partial charge in [-0.15, -0.1) is 15.3 Å². The average Bonchev–Trinajstić information content (AvgIpc) is 3.30. The van der Waals surface area contributed by atoms with Crippen molar-refractivity contribution in [3.05, 3.63) is 65.9 Å². The molecule has 2 aromatic heterocycles. The van der Waals surface area contributed by atoms with E-state index >= 15 is 0 Å². The number of para-hydroxylation sites is 2. The van der Waals surface area contributed by atoms with Crippen LogP contribution in [0.5, 0.6) is 0 Å². The molecule has 0 amide bonds.